The Kier molecular flexibility index (Phi) is 10.8. The van der Waals surface area contributed by atoms with Crippen LogP contribution in [0.4, 0.5) is 4.53 Å². The molecule has 0 spiro atoms. The summed E-state index contributed by atoms with van der Waals surface area (Å²) < 4.78 is 11.2. The summed E-state index contributed by atoms with van der Waals surface area (Å²) in [5, 5.41) is 0. The minimum atomic E-state index is 0.273. The maximum Gasteiger partial charge on any atom is 0.0876 e. The highest BCUT2D eigenvalue weighted by molar-refractivity contribution is 4.44. The minimum absolute atomic E-state index is 0.273. The lowest BCUT2D eigenvalue weighted by Crippen LogP contribution is -1.85. The molecule has 0 aliphatic heterocycles. The van der Waals surface area contributed by atoms with Gasteiger partial charge in [-0.2, -0.15) is 4.94 Å². The summed E-state index contributed by atoms with van der Waals surface area (Å²) in [6.45, 7) is 2.49. The van der Waals surface area contributed by atoms with Crippen LogP contribution < -0.4 is 0 Å². The summed E-state index contributed by atoms with van der Waals surface area (Å²) >= 11 is 0. The second kappa shape index (κ2) is 10.9. The zero-order valence-electron chi connectivity index (χ0n) is 8.15. The first-order valence-electron chi connectivity index (χ1n) is 5.15. The molecule has 0 aromatic carbocycles. The third-order valence-corrected chi connectivity index (χ3v) is 2.08. The van der Waals surface area contributed by atoms with E-state index in [1.807, 2.05) is 0 Å². The van der Waals surface area contributed by atoms with Gasteiger partial charge in [0.05, 0.1) is 6.61 Å². The van der Waals surface area contributed by atoms with E-state index >= 15 is 0 Å². The summed E-state index contributed by atoms with van der Waals surface area (Å²) in [6.07, 6.45) is 9.85. The van der Waals surface area contributed by atoms with Crippen LogP contribution in [0.25, 0.3) is 0 Å². The largest absolute Gasteiger partial charge is 0.194 e. The predicted molar refractivity (Wildman–Crippen MR) is 49.7 cm³/mol. The van der Waals surface area contributed by atoms with Crippen LogP contribution in [0.5, 0.6) is 0 Å². The Hall–Kier alpha value is -0.110. The highest BCUT2D eigenvalue weighted by atomic mass is 19.3. The van der Waals surface area contributed by atoms with Gasteiger partial charge in [0.15, 0.2) is 0 Å². The van der Waals surface area contributed by atoms with Gasteiger partial charge in [-0.3, -0.25) is 0 Å². The van der Waals surface area contributed by atoms with Crippen molar-refractivity contribution in [3.8, 4) is 0 Å². The van der Waals surface area contributed by atoms with Crippen LogP contribution in [0.1, 0.15) is 58.3 Å². The van der Waals surface area contributed by atoms with Crippen molar-refractivity contribution in [2.24, 2.45) is 0 Å². The van der Waals surface area contributed by atoms with Gasteiger partial charge in [0, 0.05) is 0 Å². The molecule has 0 fully saturated rings. The second-order valence-electron chi connectivity index (χ2n) is 3.29. The van der Waals surface area contributed by atoms with Gasteiger partial charge in [-0.25, -0.2) is 0 Å². The molecule has 12 heavy (non-hydrogen) atoms. The van der Waals surface area contributed by atoms with Gasteiger partial charge in [-0.05, 0) is 10.9 Å². The second-order valence-corrected chi connectivity index (χ2v) is 3.29. The third-order valence-electron chi connectivity index (χ3n) is 2.08. The fourth-order valence-electron chi connectivity index (χ4n) is 1.29. The molecular weight excluding hydrogens is 155 g/mol. The summed E-state index contributed by atoms with van der Waals surface area (Å²) in [4.78, 5) is 3.49. The van der Waals surface area contributed by atoms with Gasteiger partial charge in [0.25, 0.3) is 0 Å². The maximum atomic E-state index is 11.2. The average molecular weight is 176 g/mol. The topological polar surface area (TPSA) is 9.23 Å². The van der Waals surface area contributed by atoms with Gasteiger partial charge in [-0.1, -0.05) is 51.9 Å². The number of rotatable bonds is 9. The molecule has 0 amide bonds. The summed E-state index contributed by atoms with van der Waals surface area (Å²) in [5.74, 6) is 0. The molecule has 0 aromatic rings. The lowest BCUT2D eigenvalue weighted by molar-refractivity contribution is -0.133. The number of hydrogen-bond acceptors (Lipinski definition) is 1. The van der Waals surface area contributed by atoms with Crippen LogP contribution in [-0.2, 0) is 4.94 Å². The highest BCUT2D eigenvalue weighted by Crippen LogP contribution is 2.08. The molecule has 0 saturated carbocycles. The molecule has 0 radical (unpaired) electrons. The van der Waals surface area contributed by atoms with Gasteiger partial charge >= 0.3 is 0 Å². The van der Waals surface area contributed by atoms with Gasteiger partial charge < -0.3 is 0 Å². The van der Waals surface area contributed by atoms with Crippen LogP contribution in [0.15, 0.2) is 0 Å². The molecule has 0 unspecified atom stereocenters. The monoisotopic (exact) mass is 176 g/mol. The van der Waals surface area contributed by atoms with Gasteiger partial charge in [0.2, 0.25) is 0 Å². The van der Waals surface area contributed by atoms with Crippen LogP contribution in [-0.4, -0.2) is 6.61 Å². The van der Waals surface area contributed by atoms with Crippen molar-refractivity contribution >= 4 is 0 Å². The van der Waals surface area contributed by atoms with Crippen molar-refractivity contribution in [3.05, 3.63) is 0 Å². The predicted octanol–water partition coefficient (Wildman–Crippen LogP) is 4.03. The maximum absolute atomic E-state index is 11.2. The molecule has 0 aromatic heterocycles. The third kappa shape index (κ3) is 9.89. The van der Waals surface area contributed by atoms with E-state index in [-0.39, 0.29) is 6.61 Å². The summed E-state index contributed by atoms with van der Waals surface area (Å²) in [6, 6.07) is 0. The zero-order chi connectivity index (χ0) is 9.07. The van der Waals surface area contributed by atoms with E-state index in [4.69, 9.17) is 0 Å². The number of hydrogen-bond donors (Lipinski definition) is 0. The van der Waals surface area contributed by atoms with Crippen molar-refractivity contribution in [1.82, 2.24) is 0 Å². The van der Waals surface area contributed by atoms with E-state index < -0.39 is 0 Å². The van der Waals surface area contributed by atoms with Gasteiger partial charge in [0.1, 0.15) is 0 Å². The lowest BCUT2D eigenvalue weighted by atomic mass is 10.1. The molecule has 0 rings (SSSR count). The minimum Gasteiger partial charge on any atom is -0.194 e. The van der Waals surface area contributed by atoms with Gasteiger partial charge in [-0.15, -0.1) is 0 Å². The van der Waals surface area contributed by atoms with E-state index in [1.165, 1.54) is 38.5 Å². The molecule has 74 valence electrons. The molecule has 0 heterocycles. The summed E-state index contributed by atoms with van der Waals surface area (Å²) in [5.41, 5.74) is 0. The van der Waals surface area contributed by atoms with Crippen molar-refractivity contribution in [2.75, 3.05) is 6.61 Å². The number of halogens is 1. The first-order chi connectivity index (χ1) is 5.91. The Bertz CT molecular complexity index is 66.2. The van der Waals surface area contributed by atoms with Crippen LogP contribution in [0.3, 0.4) is 0 Å². The first kappa shape index (κ1) is 11.9. The van der Waals surface area contributed by atoms with Crippen LogP contribution in [0.2, 0.25) is 0 Å². The lowest BCUT2D eigenvalue weighted by Gasteiger charge is -1.99. The molecule has 0 aliphatic rings. The molecule has 2 heteroatoms. The average Bonchev–Trinajstić information content (AvgIpc) is 2.10. The van der Waals surface area contributed by atoms with Crippen molar-refractivity contribution in [2.45, 2.75) is 58.3 Å². The molecule has 0 saturated heterocycles. The fraction of sp³-hybridized carbons (Fsp3) is 1.00. The van der Waals surface area contributed by atoms with Crippen molar-refractivity contribution in [3.63, 3.8) is 0 Å². The zero-order valence-corrected chi connectivity index (χ0v) is 8.15. The SMILES string of the molecule is CCCCCCCCCCOF. The molecular formula is C10H21FO. The molecule has 0 atom stereocenters. The molecule has 1 nitrogen and oxygen atoms in total. The van der Waals surface area contributed by atoms with Crippen LogP contribution in [0, 0.1) is 0 Å². The van der Waals surface area contributed by atoms with E-state index in [1.54, 1.807) is 0 Å². The first-order valence-corrected chi connectivity index (χ1v) is 5.15. The van der Waals surface area contributed by atoms with Crippen LogP contribution >= 0.6 is 0 Å². The summed E-state index contributed by atoms with van der Waals surface area (Å²) in [7, 11) is 0. The molecule has 0 bridgehead atoms. The smallest absolute Gasteiger partial charge is 0.0876 e. The Morgan fingerprint density at radius 1 is 0.833 bits per heavy atom. The Morgan fingerprint density at radius 3 is 1.83 bits per heavy atom. The Labute approximate surface area is 75.2 Å². The Balaban J connectivity index is 2.73. The van der Waals surface area contributed by atoms with Crippen molar-refractivity contribution in [1.29, 1.82) is 0 Å². The van der Waals surface area contributed by atoms with E-state index in [0.717, 1.165) is 12.8 Å². The Morgan fingerprint density at radius 2 is 1.33 bits per heavy atom. The quantitative estimate of drug-likeness (QED) is 0.482. The van der Waals surface area contributed by atoms with E-state index in [9.17, 15) is 4.53 Å². The fourth-order valence-corrected chi connectivity index (χ4v) is 1.29. The molecule has 0 aliphatic carbocycles. The number of unbranched alkanes of at least 4 members (excludes halogenated alkanes) is 7. The van der Waals surface area contributed by atoms with Crippen molar-refractivity contribution < 1.29 is 9.47 Å². The highest BCUT2D eigenvalue weighted by Gasteiger charge is 1.91. The normalized spacial score (nSPS) is 10.5. The van der Waals surface area contributed by atoms with E-state index in [0.29, 0.717) is 0 Å². The van der Waals surface area contributed by atoms with E-state index in [2.05, 4.69) is 11.9 Å². The molecule has 0 N–H and O–H groups in total. The standard InChI is InChI=1S/C10H21FO/c1-2-3-4-5-6-7-8-9-10-12-11/h2-10H2,1H3.